The van der Waals surface area contributed by atoms with Gasteiger partial charge in [0.15, 0.2) is 0 Å². The number of hydrogen-bond donors (Lipinski definition) is 0. The van der Waals surface area contributed by atoms with Crippen LogP contribution in [0.5, 0.6) is 0 Å². The van der Waals surface area contributed by atoms with Gasteiger partial charge in [-0.3, -0.25) is 14.5 Å². The minimum atomic E-state index is 0.415. The normalized spacial score (nSPS) is 18.6. The van der Waals surface area contributed by atoms with Crippen molar-refractivity contribution in [3.05, 3.63) is 72.6 Å². The summed E-state index contributed by atoms with van der Waals surface area (Å²) in [4.78, 5) is 6.71. The minimum Gasteiger partial charge on any atom is -0.298 e. The second-order valence-electron chi connectivity index (χ2n) is 6.33. The van der Waals surface area contributed by atoms with Gasteiger partial charge in [0, 0.05) is 37.1 Å². The monoisotopic (exact) mass is 319 g/mol. The third-order valence-corrected chi connectivity index (χ3v) is 4.61. The highest BCUT2D eigenvalue weighted by Gasteiger charge is 2.25. The van der Waals surface area contributed by atoms with Crippen molar-refractivity contribution >= 4 is 0 Å². The molecule has 5 nitrogen and oxygen atoms in total. The molecule has 1 fully saturated rings. The van der Waals surface area contributed by atoms with Crippen LogP contribution in [-0.4, -0.2) is 37.7 Å². The number of pyridine rings is 1. The van der Waals surface area contributed by atoms with E-state index in [2.05, 4.69) is 55.0 Å². The molecule has 0 spiro atoms. The Morgan fingerprint density at radius 2 is 2.00 bits per heavy atom. The molecule has 0 radical (unpaired) electrons. The molecule has 0 bridgehead atoms. The van der Waals surface area contributed by atoms with Crippen LogP contribution in [0.1, 0.15) is 30.1 Å². The van der Waals surface area contributed by atoms with Gasteiger partial charge in [-0.1, -0.05) is 24.3 Å². The third-order valence-electron chi connectivity index (χ3n) is 4.61. The average molecular weight is 319 g/mol. The van der Waals surface area contributed by atoms with Crippen molar-refractivity contribution in [2.24, 2.45) is 0 Å². The predicted octanol–water partition coefficient (Wildman–Crippen LogP) is 3.04. The van der Waals surface area contributed by atoms with E-state index in [1.165, 1.54) is 12.0 Å². The highest BCUT2D eigenvalue weighted by molar-refractivity contribution is 5.32. The molecule has 5 heteroatoms. The van der Waals surface area contributed by atoms with Gasteiger partial charge < -0.3 is 0 Å². The number of nitrogens with zero attached hydrogens (tertiary/aromatic N) is 5. The number of piperidine rings is 1. The van der Waals surface area contributed by atoms with Crippen molar-refractivity contribution in [1.29, 1.82) is 0 Å². The molecule has 1 aliphatic rings. The summed E-state index contributed by atoms with van der Waals surface area (Å²) in [5.74, 6) is 1.48. The van der Waals surface area contributed by atoms with Gasteiger partial charge in [-0.05, 0) is 43.1 Å². The Labute approximate surface area is 142 Å². The van der Waals surface area contributed by atoms with Gasteiger partial charge in [0.05, 0.1) is 0 Å². The van der Waals surface area contributed by atoms with Crippen molar-refractivity contribution in [2.75, 3.05) is 13.1 Å². The largest absolute Gasteiger partial charge is 0.298 e. The highest BCUT2D eigenvalue weighted by atomic mass is 15.3. The van der Waals surface area contributed by atoms with E-state index in [1.807, 2.05) is 30.9 Å². The number of likely N-dealkylation sites (tertiary alicyclic amines) is 1. The summed E-state index contributed by atoms with van der Waals surface area (Å²) in [5.41, 5.74) is 2.39. The first kappa shape index (κ1) is 15.0. The van der Waals surface area contributed by atoms with Crippen molar-refractivity contribution < 1.29 is 0 Å². The van der Waals surface area contributed by atoms with Crippen LogP contribution < -0.4 is 0 Å². The first-order valence-corrected chi connectivity index (χ1v) is 8.47. The lowest BCUT2D eigenvalue weighted by Gasteiger charge is -2.32. The molecule has 2 aromatic heterocycles. The molecule has 0 N–H and O–H groups in total. The lowest BCUT2D eigenvalue weighted by atomic mass is 9.96. The standard InChI is InChI=1S/C19H21N5/c1-2-8-18(9-3-1)24-15-21-22-19(24)17-7-5-11-23(14-17)13-16-6-4-10-20-12-16/h1-4,6,8-10,12,15,17H,5,7,11,13-14H2. The number of hydrogen-bond acceptors (Lipinski definition) is 4. The maximum Gasteiger partial charge on any atom is 0.141 e. The molecule has 3 heterocycles. The fraction of sp³-hybridized carbons (Fsp3) is 0.316. The summed E-state index contributed by atoms with van der Waals surface area (Å²) in [7, 11) is 0. The summed E-state index contributed by atoms with van der Waals surface area (Å²) in [6.45, 7) is 3.09. The summed E-state index contributed by atoms with van der Waals surface area (Å²) >= 11 is 0. The molecule has 0 amide bonds. The summed E-state index contributed by atoms with van der Waals surface area (Å²) in [6.07, 6.45) is 7.95. The van der Waals surface area contributed by atoms with E-state index < -0.39 is 0 Å². The van der Waals surface area contributed by atoms with Gasteiger partial charge in [0.25, 0.3) is 0 Å². The Balaban J connectivity index is 1.52. The maximum atomic E-state index is 4.43. The van der Waals surface area contributed by atoms with Crippen molar-refractivity contribution in [3.8, 4) is 5.69 Å². The van der Waals surface area contributed by atoms with E-state index in [0.29, 0.717) is 5.92 Å². The zero-order valence-electron chi connectivity index (χ0n) is 13.6. The van der Waals surface area contributed by atoms with Crippen LogP contribution >= 0.6 is 0 Å². The van der Waals surface area contributed by atoms with Crippen molar-refractivity contribution in [2.45, 2.75) is 25.3 Å². The Morgan fingerprint density at radius 3 is 2.83 bits per heavy atom. The van der Waals surface area contributed by atoms with Crippen molar-refractivity contribution in [3.63, 3.8) is 0 Å². The van der Waals surface area contributed by atoms with Crippen molar-refractivity contribution in [1.82, 2.24) is 24.6 Å². The minimum absolute atomic E-state index is 0.415. The smallest absolute Gasteiger partial charge is 0.141 e. The summed E-state index contributed by atoms with van der Waals surface area (Å²) in [6, 6.07) is 14.5. The van der Waals surface area contributed by atoms with Crippen LogP contribution in [0.3, 0.4) is 0 Å². The van der Waals surface area contributed by atoms with Gasteiger partial charge in [-0.15, -0.1) is 10.2 Å². The van der Waals surface area contributed by atoms with Crippen LogP contribution in [-0.2, 0) is 6.54 Å². The molecular formula is C19H21N5. The molecule has 3 aromatic rings. The molecular weight excluding hydrogens is 298 g/mol. The second-order valence-corrected chi connectivity index (χ2v) is 6.33. The number of rotatable bonds is 4. The number of para-hydroxylation sites is 1. The molecule has 1 atom stereocenters. The summed E-state index contributed by atoms with van der Waals surface area (Å²) in [5, 5.41) is 8.60. The Hall–Kier alpha value is -2.53. The lowest BCUT2D eigenvalue weighted by molar-refractivity contribution is 0.195. The molecule has 0 aliphatic carbocycles. The van der Waals surface area contributed by atoms with Gasteiger partial charge >= 0.3 is 0 Å². The highest BCUT2D eigenvalue weighted by Crippen LogP contribution is 2.27. The Morgan fingerprint density at radius 1 is 1.08 bits per heavy atom. The molecule has 1 unspecified atom stereocenters. The van der Waals surface area contributed by atoms with Crippen LogP contribution in [0.25, 0.3) is 5.69 Å². The number of benzene rings is 1. The number of aromatic nitrogens is 4. The molecule has 1 aromatic carbocycles. The van der Waals surface area contributed by atoms with Crippen LogP contribution in [0, 0.1) is 0 Å². The zero-order valence-corrected chi connectivity index (χ0v) is 13.6. The van der Waals surface area contributed by atoms with Gasteiger partial charge in [-0.25, -0.2) is 0 Å². The van der Waals surface area contributed by atoms with E-state index in [1.54, 1.807) is 0 Å². The van der Waals surface area contributed by atoms with Crippen LogP contribution in [0.4, 0.5) is 0 Å². The fourth-order valence-electron chi connectivity index (χ4n) is 3.47. The van der Waals surface area contributed by atoms with E-state index in [4.69, 9.17) is 0 Å². The Bertz CT molecular complexity index is 769. The molecule has 4 rings (SSSR count). The van der Waals surface area contributed by atoms with Crippen LogP contribution in [0.2, 0.25) is 0 Å². The topological polar surface area (TPSA) is 46.8 Å². The first-order chi connectivity index (χ1) is 11.9. The molecule has 122 valence electrons. The summed E-state index contributed by atoms with van der Waals surface area (Å²) < 4.78 is 2.12. The first-order valence-electron chi connectivity index (χ1n) is 8.47. The van der Waals surface area contributed by atoms with Gasteiger partial charge in [0.1, 0.15) is 12.2 Å². The molecule has 24 heavy (non-hydrogen) atoms. The molecule has 1 saturated heterocycles. The fourth-order valence-corrected chi connectivity index (χ4v) is 3.47. The third kappa shape index (κ3) is 3.21. The predicted molar refractivity (Wildman–Crippen MR) is 92.8 cm³/mol. The van der Waals surface area contributed by atoms with Gasteiger partial charge in [0.2, 0.25) is 0 Å². The van der Waals surface area contributed by atoms with E-state index in [-0.39, 0.29) is 0 Å². The van der Waals surface area contributed by atoms with Crippen LogP contribution in [0.15, 0.2) is 61.2 Å². The Kier molecular flexibility index (Phi) is 4.34. The maximum absolute atomic E-state index is 4.43. The van der Waals surface area contributed by atoms with E-state index in [9.17, 15) is 0 Å². The van der Waals surface area contributed by atoms with E-state index in [0.717, 1.165) is 37.6 Å². The van der Waals surface area contributed by atoms with E-state index >= 15 is 0 Å². The lowest BCUT2D eigenvalue weighted by Crippen LogP contribution is -2.34. The van der Waals surface area contributed by atoms with Gasteiger partial charge in [-0.2, -0.15) is 0 Å². The SMILES string of the molecule is c1ccc(-n2cnnc2C2CCCN(Cc3cccnc3)C2)cc1. The zero-order chi connectivity index (χ0) is 16.2. The second kappa shape index (κ2) is 6.93. The average Bonchev–Trinajstić information content (AvgIpc) is 3.13. The molecule has 0 saturated carbocycles. The quantitative estimate of drug-likeness (QED) is 0.741. The molecule has 1 aliphatic heterocycles.